The Labute approximate surface area is 161 Å². The summed E-state index contributed by atoms with van der Waals surface area (Å²) in [5, 5.41) is 0. The van der Waals surface area contributed by atoms with Crippen molar-refractivity contribution in [3.63, 3.8) is 0 Å². The average molecular weight is 426 g/mol. The maximum Gasteiger partial charge on any atom is 0 e. The molecule has 0 bridgehead atoms. The molecular formula is C5H10Y4-2. The molecule has 0 amide bonds. The molecule has 4 heteroatoms. The van der Waals surface area contributed by atoms with Crippen molar-refractivity contribution in [2.24, 2.45) is 0 Å². The van der Waals surface area contributed by atoms with Crippen LogP contribution in [0.3, 0.4) is 0 Å². The summed E-state index contributed by atoms with van der Waals surface area (Å²) in [4.78, 5) is 0. The van der Waals surface area contributed by atoms with Crippen molar-refractivity contribution >= 4 is 0 Å². The third-order valence-electron chi connectivity index (χ3n) is 0.272. The molecule has 0 spiro atoms. The van der Waals surface area contributed by atoms with Crippen LogP contribution in [0.25, 0.3) is 0 Å². The second-order valence-corrected chi connectivity index (χ2v) is 0.707. The molecule has 0 atom stereocenters. The van der Waals surface area contributed by atoms with Gasteiger partial charge in [0.05, 0.1) is 0 Å². The average Bonchev–Trinajstić information content (AvgIpc) is 1.41. The van der Waals surface area contributed by atoms with E-state index in [1.807, 2.05) is 0 Å². The van der Waals surface area contributed by atoms with Gasteiger partial charge >= 0.3 is 0 Å². The second-order valence-electron chi connectivity index (χ2n) is 0.707. The minimum Gasteiger partial charge on any atom is -0.518 e. The Bertz CT molecular complexity index is 45.7. The van der Waals surface area contributed by atoms with Crippen molar-refractivity contribution in [3.05, 3.63) is 25.3 Å². The summed E-state index contributed by atoms with van der Waals surface area (Å²) >= 11 is 0. The van der Waals surface area contributed by atoms with Crippen LogP contribution in [0, 0.1) is 13.2 Å². The smallest absolute Gasteiger partial charge is 0 e. The Kier molecular flexibility index (Phi) is 96.6. The summed E-state index contributed by atoms with van der Waals surface area (Å²) in [5.74, 6) is 0. The number of hydrogen-bond acceptors (Lipinski definition) is 0. The van der Waals surface area contributed by atoms with Gasteiger partial charge in [0.25, 0.3) is 0 Å². The molecule has 0 aliphatic rings. The van der Waals surface area contributed by atoms with Crippen LogP contribution >= 0.6 is 0 Å². The molecule has 0 saturated carbocycles. The van der Waals surface area contributed by atoms with E-state index in [1.165, 1.54) is 12.2 Å². The van der Waals surface area contributed by atoms with Gasteiger partial charge in [0, 0.05) is 134 Å². The first-order valence-corrected chi connectivity index (χ1v) is 1.48. The van der Waals surface area contributed by atoms with Crippen LogP contribution in [-0.4, -0.2) is 0 Å². The van der Waals surface area contributed by atoms with Gasteiger partial charge in [-0.1, -0.05) is 6.42 Å². The van der Waals surface area contributed by atoms with Crippen molar-refractivity contribution in [1.82, 2.24) is 0 Å². The van der Waals surface area contributed by atoms with Crippen LogP contribution in [0.4, 0.5) is 0 Å². The molecule has 0 aliphatic carbocycles. The number of rotatable bonds is 2. The van der Waals surface area contributed by atoms with Gasteiger partial charge in [-0.05, 0) is 0 Å². The van der Waals surface area contributed by atoms with Gasteiger partial charge in [-0.15, -0.1) is 0 Å². The standard InChI is InChI=1S/C5H6.4Y.2H2/c1-3-5-4-2;;;;;;/h1-4H,5H2;;;;;2*1H/q-2;;;;;;. The Morgan fingerprint density at radius 1 is 0.889 bits per heavy atom. The zero-order valence-corrected chi connectivity index (χ0v) is 16.7. The third kappa shape index (κ3) is 33.5. The third-order valence-corrected chi connectivity index (χ3v) is 0.272. The predicted molar refractivity (Wildman–Crippen MR) is 26.6 cm³/mol. The Morgan fingerprint density at radius 2 is 1.11 bits per heavy atom. The first kappa shape index (κ1) is 29.3. The van der Waals surface area contributed by atoms with Crippen molar-refractivity contribution in [1.29, 1.82) is 0 Å². The molecule has 0 saturated heterocycles. The molecule has 0 N–H and O–H groups in total. The van der Waals surface area contributed by atoms with E-state index in [0.717, 1.165) is 0 Å². The fourth-order valence-corrected chi connectivity index (χ4v) is 0.0786. The summed E-state index contributed by atoms with van der Waals surface area (Å²) in [5.41, 5.74) is 0. The van der Waals surface area contributed by atoms with Crippen LogP contribution in [0.15, 0.2) is 12.2 Å². The van der Waals surface area contributed by atoms with Crippen molar-refractivity contribution in [2.75, 3.05) is 0 Å². The molecule has 0 fully saturated rings. The van der Waals surface area contributed by atoms with Gasteiger partial charge in [-0.2, -0.15) is 0 Å². The molecule has 0 nitrogen and oxygen atoms in total. The summed E-state index contributed by atoms with van der Waals surface area (Å²) in [6, 6.07) is 0. The summed E-state index contributed by atoms with van der Waals surface area (Å²) in [6.45, 7) is 9.81. The Balaban J connectivity index is -0.00000000533. The van der Waals surface area contributed by atoms with E-state index in [9.17, 15) is 0 Å². The summed E-state index contributed by atoms with van der Waals surface area (Å²) < 4.78 is 0. The maximum absolute atomic E-state index is 4.90. The van der Waals surface area contributed by atoms with E-state index in [0.29, 0.717) is 6.42 Å². The van der Waals surface area contributed by atoms with Crippen molar-refractivity contribution < 1.29 is 134 Å². The van der Waals surface area contributed by atoms with Gasteiger partial charge in [0.2, 0.25) is 0 Å². The Morgan fingerprint density at radius 3 is 1.11 bits per heavy atom. The fourth-order valence-electron chi connectivity index (χ4n) is 0.0786. The van der Waals surface area contributed by atoms with Crippen LogP contribution < -0.4 is 0 Å². The maximum atomic E-state index is 4.90. The molecule has 0 aromatic heterocycles. The molecule has 0 aliphatic heterocycles. The molecular weight excluding hydrogens is 416 g/mol. The monoisotopic (exact) mass is 426 g/mol. The number of hydrogen-bond donors (Lipinski definition) is 0. The fraction of sp³-hybridized carbons (Fsp3) is 0.200. The van der Waals surface area contributed by atoms with Crippen LogP contribution in [-0.2, 0) is 131 Å². The van der Waals surface area contributed by atoms with E-state index < -0.39 is 0 Å². The minimum absolute atomic E-state index is 0. The first-order chi connectivity index (χ1) is 2.41. The molecule has 0 heterocycles. The van der Waals surface area contributed by atoms with E-state index in [2.05, 4.69) is 0 Å². The molecule has 0 aromatic carbocycles. The second kappa shape index (κ2) is 29.7. The van der Waals surface area contributed by atoms with Gasteiger partial charge in [-0.3, -0.25) is 12.2 Å². The first-order valence-electron chi connectivity index (χ1n) is 1.48. The molecule has 44 valence electrons. The van der Waals surface area contributed by atoms with Crippen LogP contribution in [0.1, 0.15) is 9.27 Å². The topological polar surface area (TPSA) is 0 Å². The van der Waals surface area contributed by atoms with Crippen LogP contribution in [0.5, 0.6) is 0 Å². The molecule has 9 heavy (non-hydrogen) atoms. The van der Waals surface area contributed by atoms with Crippen molar-refractivity contribution in [3.8, 4) is 0 Å². The predicted octanol–water partition coefficient (Wildman–Crippen LogP) is 1.84. The molecule has 0 rings (SSSR count). The quantitative estimate of drug-likeness (QED) is 0.592. The van der Waals surface area contributed by atoms with E-state index >= 15 is 0 Å². The van der Waals surface area contributed by atoms with Gasteiger partial charge < -0.3 is 13.2 Å². The molecule has 4 radical (unpaired) electrons. The zero-order valence-electron chi connectivity index (χ0n) is 5.33. The SMILES string of the molecule is [CH-]=CCC=[CH-].[HH].[HH].[Y].[Y].[Y].[Y]. The summed E-state index contributed by atoms with van der Waals surface area (Å²) in [6.07, 6.45) is 3.69. The van der Waals surface area contributed by atoms with Gasteiger partial charge in [-0.25, -0.2) is 0 Å². The van der Waals surface area contributed by atoms with Gasteiger partial charge in [0.15, 0.2) is 0 Å². The minimum atomic E-state index is 0. The molecule has 0 unspecified atom stereocenters. The summed E-state index contributed by atoms with van der Waals surface area (Å²) in [7, 11) is 0. The van der Waals surface area contributed by atoms with E-state index in [1.54, 1.807) is 0 Å². The zero-order chi connectivity index (χ0) is 4.12. The normalized spacial score (nSPS) is 3.56. The molecule has 0 aromatic rings. The number of allylic oxidation sites excluding steroid dienone is 2. The van der Waals surface area contributed by atoms with Crippen LogP contribution in [0.2, 0.25) is 0 Å². The Hall–Kier alpha value is 3.90. The van der Waals surface area contributed by atoms with E-state index in [-0.39, 0.29) is 134 Å². The van der Waals surface area contributed by atoms with Crippen molar-refractivity contribution in [2.45, 2.75) is 6.42 Å². The van der Waals surface area contributed by atoms with E-state index in [4.69, 9.17) is 13.2 Å². The largest absolute Gasteiger partial charge is 0.518 e. The van der Waals surface area contributed by atoms with Gasteiger partial charge in [0.1, 0.15) is 0 Å².